The second-order valence-corrected chi connectivity index (χ2v) is 3.96. The number of halogens is 1. The van der Waals surface area contributed by atoms with Crippen LogP contribution in [0.1, 0.15) is 16.1 Å². The van der Waals surface area contributed by atoms with Gasteiger partial charge >= 0.3 is 0 Å². The maximum absolute atomic E-state index is 11.7. The van der Waals surface area contributed by atoms with Gasteiger partial charge < -0.3 is 5.32 Å². The first-order chi connectivity index (χ1) is 8.25. The monoisotopic (exact) mass is 246 g/mol. The van der Waals surface area contributed by atoms with Crippen LogP contribution in [0.5, 0.6) is 0 Å². The van der Waals surface area contributed by atoms with Gasteiger partial charge in [0.2, 0.25) is 0 Å². The van der Waals surface area contributed by atoms with E-state index in [1.54, 1.807) is 36.5 Å². The average Bonchev–Trinajstić information content (AvgIpc) is 2.39. The third-order valence-corrected chi connectivity index (χ3v) is 2.52. The SMILES string of the molecule is O=C(NCc1ccc(Cl)cc1)c1ccccn1. The van der Waals surface area contributed by atoms with Crippen molar-refractivity contribution in [3.63, 3.8) is 0 Å². The molecule has 0 radical (unpaired) electrons. The van der Waals surface area contributed by atoms with Crippen molar-refractivity contribution < 1.29 is 4.79 Å². The van der Waals surface area contributed by atoms with Crippen molar-refractivity contribution >= 4 is 17.5 Å². The van der Waals surface area contributed by atoms with Crippen molar-refractivity contribution in [2.75, 3.05) is 0 Å². The molecular formula is C13H11ClN2O. The van der Waals surface area contributed by atoms with Gasteiger partial charge in [-0.1, -0.05) is 29.8 Å². The molecule has 0 bridgehead atoms. The van der Waals surface area contributed by atoms with Gasteiger partial charge in [0.1, 0.15) is 5.69 Å². The average molecular weight is 247 g/mol. The van der Waals surface area contributed by atoms with Gasteiger partial charge in [-0.2, -0.15) is 0 Å². The summed E-state index contributed by atoms with van der Waals surface area (Å²) in [6.07, 6.45) is 1.59. The number of hydrogen-bond donors (Lipinski definition) is 1. The summed E-state index contributed by atoms with van der Waals surface area (Å²) in [5.74, 6) is -0.180. The molecule has 17 heavy (non-hydrogen) atoms. The van der Waals surface area contributed by atoms with Crippen molar-refractivity contribution in [2.24, 2.45) is 0 Å². The van der Waals surface area contributed by atoms with E-state index < -0.39 is 0 Å². The Morgan fingerprint density at radius 1 is 1.18 bits per heavy atom. The van der Waals surface area contributed by atoms with Gasteiger partial charge in [0.15, 0.2) is 0 Å². The van der Waals surface area contributed by atoms with Crippen molar-refractivity contribution in [1.29, 1.82) is 0 Å². The third kappa shape index (κ3) is 3.29. The van der Waals surface area contributed by atoms with Crippen LogP contribution >= 0.6 is 11.6 Å². The summed E-state index contributed by atoms with van der Waals surface area (Å²) in [5.41, 5.74) is 1.42. The van der Waals surface area contributed by atoms with Crippen LogP contribution in [-0.2, 0) is 6.54 Å². The fraction of sp³-hybridized carbons (Fsp3) is 0.0769. The van der Waals surface area contributed by atoms with E-state index in [4.69, 9.17) is 11.6 Å². The highest BCUT2D eigenvalue weighted by Crippen LogP contribution is 2.09. The van der Waals surface area contributed by atoms with Crippen LogP contribution in [0, 0.1) is 0 Å². The number of carbonyl (C=O) groups excluding carboxylic acids is 1. The Labute approximate surface area is 104 Å². The third-order valence-electron chi connectivity index (χ3n) is 2.26. The zero-order valence-electron chi connectivity index (χ0n) is 9.06. The Morgan fingerprint density at radius 2 is 1.94 bits per heavy atom. The van der Waals surface area contributed by atoms with Gasteiger partial charge in [0.25, 0.3) is 5.91 Å². The van der Waals surface area contributed by atoms with E-state index in [-0.39, 0.29) is 5.91 Å². The number of aromatic nitrogens is 1. The first-order valence-corrected chi connectivity index (χ1v) is 5.57. The summed E-state index contributed by atoms with van der Waals surface area (Å²) < 4.78 is 0. The molecule has 1 heterocycles. The van der Waals surface area contributed by atoms with Gasteiger partial charge in [0, 0.05) is 17.8 Å². The van der Waals surface area contributed by atoms with E-state index in [2.05, 4.69) is 10.3 Å². The fourth-order valence-electron chi connectivity index (χ4n) is 1.37. The Kier molecular flexibility index (Phi) is 3.73. The van der Waals surface area contributed by atoms with Gasteiger partial charge in [-0.05, 0) is 29.8 Å². The van der Waals surface area contributed by atoms with Gasteiger partial charge in [-0.3, -0.25) is 9.78 Å². The second-order valence-electron chi connectivity index (χ2n) is 3.52. The molecule has 0 saturated carbocycles. The summed E-state index contributed by atoms with van der Waals surface area (Å²) in [5, 5.41) is 3.48. The van der Waals surface area contributed by atoms with E-state index in [0.29, 0.717) is 17.3 Å². The molecule has 1 aromatic heterocycles. The van der Waals surface area contributed by atoms with Crippen LogP contribution in [0.3, 0.4) is 0 Å². The van der Waals surface area contributed by atoms with Gasteiger partial charge in [-0.25, -0.2) is 0 Å². The summed E-state index contributed by atoms with van der Waals surface area (Å²) >= 11 is 5.77. The Bertz CT molecular complexity index is 497. The maximum atomic E-state index is 11.7. The summed E-state index contributed by atoms with van der Waals surface area (Å²) in [6.45, 7) is 0.465. The lowest BCUT2D eigenvalue weighted by Crippen LogP contribution is -2.23. The number of pyridine rings is 1. The molecule has 0 fully saturated rings. The normalized spacial score (nSPS) is 9.94. The molecule has 0 unspecified atom stereocenters. The zero-order valence-corrected chi connectivity index (χ0v) is 9.82. The standard InChI is InChI=1S/C13H11ClN2O/c14-11-6-4-10(5-7-11)9-16-13(17)12-3-1-2-8-15-12/h1-8H,9H2,(H,16,17). The smallest absolute Gasteiger partial charge is 0.270 e. The molecule has 0 spiro atoms. The second kappa shape index (κ2) is 5.46. The van der Waals surface area contributed by atoms with E-state index in [0.717, 1.165) is 5.56 Å². The molecule has 0 aliphatic heterocycles. The molecule has 86 valence electrons. The minimum atomic E-state index is -0.180. The Balaban J connectivity index is 1.95. The van der Waals surface area contributed by atoms with Crippen molar-refractivity contribution in [2.45, 2.75) is 6.54 Å². The van der Waals surface area contributed by atoms with Crippen molar-refractivity contribution in [1.82, 2.24) is 10.3 Å². The lowest BCUT2D eigenvalue weighted by atomic mass is 10.2. The summed E-state index contributed by atoms with van der Waals surface area (Å²) in [4.78, 5) is 15.7. The summed E-state index contributed by atoms with van der Waals surface area (Å²) in [7, 11) is 0. The van der Waals surface area contributed by atoms with Crippen LogP contribution in [-0.4, -0.2) is 10.9 Å². The number of rotatable bonds is 3. The highest BCUT2D eigenvalue weighted by molar-refractivity contribution is 6.30. The number of carbonyl (C=O) groups is 1. The first kappa shape index (κ1) is 11.6. The highest BCUT2D eigenvalue weighted by atomic mass is 35.5. The number of nitrogens with one attached hydrogen (secondary N) is 1. The molecule has 1 aromatic carbocycles. The number of benzene rings is 1. The van der Waals surface area contributed by atoms with Crippen molar-refractivity contribution in [3.8, 4) is 0 Å². The van der Waals surface area contributed by atoms with E-state index in [9.17, 15) is 4.79 Å². The van der Waals surface area contributed by atoms with E-state index in [1.807, 2.05) is 12.1 Å². The zero-order chi connectivity index (χ0) is 12.1. The van der Waals surface area contributed by atoms with Crippen LogP contribution in [0.4, 0.5) is 0 Å². The summed E-state index contributed by atoms with van der Waals surface area (Å²) in [6, 6.07) is 12.6. The molecule has 1 amide bonds. The molecule has 2 aromatic rings. The molecule has 0 saturated heterocycles. The number of nitrogens with zero attached hydrogens (tertiary/aromatic N) is 1. The minimum absolute atomic E-state index is 0.180. The number of amides is 1. The van der Waals surface area contributed by atoms with Crippen LogP contribution in [0.25, 0.3) is 0 Å². The van der Waals surface area contributed by atoms with E-state index >= 15 is 0 Å². The predicted molar refractivity (Wildman–Crippen MR) is 66.9 cm³/mol. The molecule has 0 aliphatic rings. The minimum Gasteiger partial charge on any atom is -0.347 e. The fourth-order valence-corrected chi connectivity index (χ4v) is 1.50. The predicted octanol–water partition coefficient (Wildman–Crippen LogP) is 2.67. The van der Waals surface area contributed by atoms with Gasteiger partial charge in [-0.15, -0.1) is 0 Å². The lowest BCUT2D eigenvalue weighted by molar-refractivity contribution is 0.0946. The van der Waals surface area contributed by atoms with Crippen LogP contribution in [0.2, 0.25) is 5.02 Å². The first-order valence-electron chi connectivity index (χ1n) is 5.19. The molecular weight excluding hydrogens is 236 g/mol. The largest absolute Gasteiger partial charge is 0.347 e. The molecule has 0 aliphatic carbocycles. The van der Waals surface area contributed by atoms with E-state index in [1.165, 1.54) is 0 Å². The van der Waals surface area contributed by atoms with Crippen LogP contribution in [0.15, 0.2) is 48.7 Å². The number of hydrogen-bond acceptors (Lipinski definition) is 2. The quantitative estimate of drug-likeness (QED) is 0.905. The maximum Gasteiger partial charge on any atom is 0.270 e. The van der Waals surface area contributed by atoms with Gasteiger partial charge in [0.05, 0.1) is 0 Å². The Morgan fingerprint density at radius 3 is 2.59 bits per heavy atom. The highest BCUT2D eigenvalue weighted by Gasteiger charge is 2.04. The molecule has 0 atom stereocenters. The molecule has 4 heteroatoms. The Hall–Kier alpha value is -1.87. The van der Waals surface area contributed by atoms with Crippen LogP contribution < -0.4 is 5.32 Å². The lowest BCUT2D eigenvalue weighted by Gasteiger charge is -2.04. The molecule has 2 rings (SSSR count). The molecule has 3 nitrogen and oxygen atoms in total. The van der Waals surface area contributed by atoms with Crippen molar-refractivity contribution in [3.05, 3.63) is 64.9 Å². The molecule has 1 N–H and O–H groups in total. The topological polar surface area (TPSA) is 42.0 Å².